The van der Waals surface area contributed by atoms with Gasteiger partial charge in [-0.15, -0.1) is 0 Å². The molecule has 1 aromatic rings. The molecule has 0 aliphatic rings. The van der Waals surface area contributed by atoms with Gasteiger partial charge in [0, 0.05) is 18.5 Å². The van der Waals surface area contributed by atoms with Crippen LogP contribution in [0.2, 0.25) is 0 Å². The third kappa shape index (κ3) is 4.70. The summed E-state index contributed by atoms with van der Waals surface area (Å²) >= 11 is 2.93. The van der Waals surface area contributed by atoms with E-state index >= 15 is 0 Å². The second-order valence-electron chi connectivity index (χ2n) is 4.16. The fourth-order valence-electron chi connectivity index (χ4n) is 1.42. The highest BCUT2D eigenvalue weighted by atomic mass is 79.9. The van der Waals surface area contributed by atoms with Crippen LogP contribution in [0.3, 0.4) is 0 Å². The van der Waals surface area contributed by atoms with Crippen molar-refractivity contribution in [1.82, 2.24) is 0 Å². The van der Waals surface area contributed by atoms with Gasteiger partial charge in [0.1, 0.15) is 11.6 Å². The van der Waals surface area contributed by atoms with Crippen molar-refractivity contribution in [3.8, 4) is 0 Å². The van der Waals surface area contributed by atoms with Crippen molar-refractivity contribution in [2.75, 3.05) is 5.32 Å². The average Bonchev–Trinajstić information content (AvgIpc) is 2.25. The molecule has 18 heavy (non-hydrogen) atoms. The lowest BCUT2D eigenvalue weighted by Gasteiger charge is -2.08. The first kappa shape index (κ1) is 15.0. The summed E-state index contributed by atoms with van der Waals surface area (Å²) < 4.78 is 26.4. The molecule has 0 saturated carbocycles. The monoisotopic (exact) mass is 320 g/mol. The van der Waals surface area contributed by atoms with Crippen molar-refractivity contribution >= 4 is 27.5 Å². The number of carbonyl (C=O) groups excluding carboxylic acids is 1. The van der Waals surface area contributed by atoms with E-state index < -0.39 is 11.6 Å². The quantitative estimate of drug-likeness (QED) is 0.819. The molecule has 6 heteroatoms. The van der Waals surface area contributed by atoms with E-state index in [0.29, 0.717) is 6.42 Å². The standard InChI is InChI=1S/C12H15BrF2N2O/c1-7(16)3-2-4-12(18)17-11-5-8(13)9(14)6-10(11)15/h5-7H,2-4,16H2,1H3,(H,17,18). The van der Waals surface area contributed by atoms with Gasteiger partial charge >= 0.3 is 0 Å². The Morgan fingerprint density at radius 3 is 2.72 bits per heavy atom. The first-order chi connectivity index (χ1) is 8.40. The SMILES string of the molecule is CC(N)CCCC(=O)Nc1cc(Br)c(F)cc1F. The molecule has 0 aromatic heterocycles. The minimum Gasteiger partial charge on any atom is -0.328 e. The summed E-state index contributed by atoms with van der Waals surface area (Å²) in [6.45, 7) is 1.86. The van der Waals surface area contributed by atoms with Gasteiger partial charge in [0.05, 0.1) is 10.2 Å². The van der Waals surface area contributed by atoms with Crippen molar-refractivity contribution in [3.05, 3.63) is 28.2 Å². The van der Waals surface area contributed by atoms with Gasteiger partial charge in [0.25, 0.3) is 0 Å². The number of amides is 1. The zero-order valence-electron chi connectivity index (χ0n) is 9.97. The molecule has 100 valence electrons. The first-order valence-electron chi connectivity index (χ1n) is 5.60. The zero-order chi connectivity index (χ0) is 13.7. The number of benzene rings is 1. The van der Waals surface area contributed by atoms with Crippen LogP contribution in [0.5, 0.6) is 0 Å². The van der Waals surface area contributed by atoms with Gasteiger partial charge in [-0.2, -0.15) is 0 Å². The van der Waals surface area contributed by atoms with E-state index in [1.165, 1.54) is 6.07 Å². The van der Waals surface area contributed by atoms with E-state index in [1.807, 2.05) is 6.92 Å². The maximum Gasteiger partial charge on any atom is 0.224 e. The van der Waals surface area contributed by atoms with Crippen LogP contribution in [0, 0.1) is 11.6 Å². The number of nitrogens with two attached hydrogens (primary N) is 1. The second kappa shape index (κ2) is 6.80. The molecule has 0 radical (unpaired) electrons. The van der Waals surface area contributed by atoms with E-state index in [1.54, 1.807) is 0 Å². The van der Waals surface area contributed by atoms with E-state index in [9.17, 15) is 13.6 Å². The Bertz CT molecular complexity index is 438. The second-order valence-corrected chi connectivity index (χ2v) is 5.02. The molecule has 1 rings (SSSR count). The van der Waals surface area contributed by atoms with Crippen molar-refractivity contribution < 1.29 is 13.6 Å². The van der Waals surface area contributed by atoms with Crippen LogP contribution in [0.1, 0.15) is 26.2 Å². The smallest absolute Gasteiger partial charge is 0.224 e. The molecular weight excluding hydrogens is 306 g/mol. The highest BCUT2D eigenvalue weighted by molar-refractivity contribution is 9.10. The molecule has 1 aromatic carbocycles. The Hall–Kier alpha value is -1.01. The molecule has 0 saturated heterocycles. The van der Waals surface area contributed by atoms with Crippen LogP contribution in [0.4, 0.5) is 14.5 Å². The van der Waals surface area contributed by atoms with Crippen molar-refractivity contribution in [2.24, 2.45) is 5.73 Å². The van der Waals surface area contributed by atoms with Crippen LogP contribution in [0.15, 0.2) is 16.6 Å². The average molecular weight is 321 g/mol. The Morgan fingerprint density at radius 2 is 2.11 bits per heavy atom. The highest BCUT2D eigenvalue weighted by Gasteiger charge is 2.11. The van der Waals surface area contributed by atoms with E-state index in [4.69, 9.17) is 5.73 Å². The zero-order valence-corrected chi connectivity index (χ0v) is 11.6. The molecule has 0 spiro atoms. The van der Waals surface area contributed by atoms with Gasteiger partial charge in [-0.1, -0.05) is 0 Å². The molecule has 3 nitrogen and oxygen atoms in total. The summed E-state index contributed by atoms with van der Waals surface area (Å²) in [4.78, 5) is 11.5. The third-order valence-corrected chi connectivity index (χ3v) is 2.96. The molecule has 1 unspecified atom stereocenters. The van der Waals surface area contributed by atoms with E-state index in [2.05, 4.69) is 21.2 Å². The maximum atomic E-state index is 13.3. The number of anilines is 1. The van der Waals surface area contributed by atoms with E-state index in [-0.39, 0.29) is 28.5 Å². The van der Waals surface area contributed by atoms with Gasteiger partial charge < -0.3 is 11.1 Å². The van der Waals surface area contributed by atoms with Crippen LogP contribution >= 0.6 is 15.9 Å². The lowest BCUT2D eigenvalue weighted by molar-refractivity contribution is -0.116. The largest absolute Gasteiger partial charge is 0.328 e. The number of hydrogen-bond donors (Lipinski definition) is 2. The molecule has 1 amide bonds. The van der Waals surface area contributed by atoms with Crippen molar-refractivity contribution in [3.63, 3.8) is 0 Å². The van der Waals surface area contributed by atoms with Crippen LogP contribution in [-0.2, 0) is 4.79 Å². The molecule has 3 N–H and O–H groups in total. The van der Waals surface area contributed by atoms with Gasteiger partial charge in [-0.05, 0) is 41.8 Å². The third-order valence-electron chi connectivity index (χ3n) is 2.35. The lowest BCUT2D eigenvalue weighted by atomic mass is 10.1. The van der Waals surface area contributed by atoms with Crippen molar-refractivity contribution in [2.45, 2.75) is 32.2 Å². The topological polar surface area (TPSA) is 55.1 Å². The number of halogens is 3. The Labute approximate surface area is 113 Å². The van der Waals surface area contributed by atoms with Crippen LogP contribution in [0.25, 0.3) is 0 Å². The highest BCUT2D eigenvalue weighted by Crippen LogP contribution is 2.23. The van der Waals surface area contributed by atoms with Crippen LogP contribution in [-0.4, -0.2) is 11.9 Å². The first-order valence-corrected chi connectivity index (χ1v) is 6.39. The number of carbonyl (C=O) groups is 1. The summed E-state index contributed by atoms with van der Waals surface area (Å²) in [6, 6.07) is 1.96. The minimum absolute atomic E-state index is 0.0333. The molecule has 0 heterocycles. The molecule has 0 fully saturated rings. The summed E-state index contributed by atoms with van der Waals surface area (Å²) in [5, 5.41) is 2.40. The summed E-state index contributed by atoms with van der Waals surface area (Å²) in [5.41, 5.74) is 5.52. The Morgan fingerprint density at radius 1 is 1.44 bits per heavy atom. The summed E-state index contributed by atoms with van der Waals surface area (Å²) in [6.07, 6.45) is 1.62. The summed E-state index contributed by atoms with van der Waals surface area (Å²) in [7, 11) is 0. The molecule has 0 bridgehead atoms. The Balaban J connectivity index is 2.57. The minimum atomic E-state index is -0.795. The van der Waals surface area contributed by atoms with Crippen molar-refractivity contribution in [1.29, 1.82) is 0 Å². The van der Waals surface area contributed by atoms with Gasteiger partial charge in [0.15, 0.2) is 0 Å². The fraction of sp³-hybridized carbons (Fsp3) is 0.417. The number of nitrogens with one attached hydrogen (secondary N) is 1. The van der Waals surface area contributed by atoms with Gasteiger partial charge in [0.2, 0.25) is 5.91 Å². The molecule has 1 atom stereocenters. The molecular formula is C12H15BrF2N2O. The molecule has 0 aliphatic carbocycles. The van der Waals surface area contributed by atoms with Gasteiger partial charge in [-0.3, -0.25) is 4.79 Å². The number of rotatable bonds is 5. The maximum absolute atomic E-state index is 13.3. The fourth-order valence-corrected chi connectivity index (χ4v) is 1.76. The van der Waals surface area contributed by atoms with Crippen LogP contribution < -0.4 is 11.1 Å². The molecule has 0 aliphatic heterocycles. The predicted octanol–water partition coefficient (Wildman–Crippen LogP) is 3.18. The normalized spacial score (nSPS) is 12.3. The lowest BCUT2D eigenvalue weighted by Crippen LogP contribution is -2.17. The van der Waals surface area contributed by atoms with Gasteiger partial charge in [-0.25, -0.2) is 8.78 Å². The summed E-state index contributed by atoms with van der Waals surface area (Å²) in [5.74, 6) is -1.81. The predicted molar refractivity (Wildman–Crippen MR) is 70.2 cm³/mol. The number of hydrogen-bond acceptors (Lipinski definition) is 2. The van der Waals surface area contributed by atoms with E-state index in [0.717, 1.165) is 12.5 Å². The Kier molecular flexibility index (Phi) is 5.68.